The first kappa shape index (κ1) is 17.8. The molecule has 0 amide bonds. The number of hydrogen-bond acceptors (Lipinski definition) is 3. The number of rotatable bonds is 4. The van der Waals surface area contributed by atoms with Crippen LogP contribution in [0.1, 0.15) is 21.9 Å². The molecule has 0 bridgehead atoms. The van der Waals surface area contributed by atoms with Crippen molar-refractivity contribution < 1.29 is 4.39 Å². The zero-order chi connectivity index (χ0) is 18.9. The normalized spacial score (nSPS) is 21.4. The molecule has 0 saturated carbocycles. The summed E-state index contributed by atoms with van der Waals surface area (Å²) in [6.45, 7) is 0. The summed E-state index contributed by atoms with van der Waals surface area (Å²) in [6, 6.07) is 19.7. The van der Waals surface area contributed by atoms with E-state index in [1.807, 2.05) is 24.5 Å². The minimum Gasteiger partial charge on any atom is -0.378 e. The summed E-state index contributed by atoms with van der Waals surface area (Å²) in [5, 5.41) is 2.29. The maximum atomic E-state index is 13.5. The van der Waals surface area contributed by atoms with Gasteiger partial charge in [-0.15, -0.1) is 11.8 Å². The molecule has 0 N–H and O–H groups in total. The third-order valence-electron chi connectivity index (χ3n) is 5.13. The van der Waals surface area contributed by atoms with Crippen LogP contribution in [0.4, 0.5) is 10.1 Å². The molecule has 2 nitrogen and oxygen atoms in total. The monoisotopic (exact) mass is 376 g/mol. The van der Waals surface area contributed by atoms with Crippen LogP contribution in [0.15, 0.2) is 84.5 Å². The quantitative estimate of drug-likeness (QED) is 0.592. The van der Waals surface area contributed by atoms with E-state index in [0.29, 0.717) is 0 Å². The van der Waals surface area contributed by atoms with Crippen LogP contribution in [0.25, 0.3) is 0 Å². The van der Waals surface area contributed by atoms with Crippen molar-refractivity contribution in [1.82, 2.24) is 4.98 Å². The summed E-state index contributed by atoms with van der Waals surface area (Å²) in [6.07, 6.45) is 5.95. The highest BCUT2D eigenvalue weighted by molar-refractivity contribution is 8.02. The van der Waals surface area contributed by atoms with Crippen LogP contribution in [0.3, 0.4) is 0 Å². The van der Waals surface area contributed by atoms with Gasteiger partial charge in [0.05, 0.1) is 10.7 Å². The van der Waals surface area contributed by atoms with E-state index >= 15 is 0 Å². The Kier molecular flexibility index (Phi) is 4.75. The summed E-state index contributed by atoms with van der Waals surface area (Å²) in [4.78, 5) is 6.32. The van der Waals surface area contributed by atoms with E-state index in [1.54, 1.807) is 23.9 Å². The van der Waals surface area contributed by atoms with Crippen molar-refractivity contribution in [3.63, 3.8) is 0 Å². The molecule has 2 heterocycles. The van der Waals surface area contributed by atoms with Crippen LogP contribution < -0.4 is 4.90 Å². The number of allylic oxidation sites excluding steroid dienone is 1. The van der Waals surface area contributed by atoms with Gasteiger partial charge in [0.25, 0.3) is 0 Å². The maximum absolute atomic E-state index is 13.5. The number of benzene rings is 2. The average Bonchev–Trinajstić information content (AvgIpc) is 3.15. The van der Waals surface area contributed by atoms with E-state index in [0.717, 1.165) is 11.3 Å². The Morgan fingerprint density at radius 1 is 0.963 bits per heavy atom. The zero-order valence-corrected chi connectivity index (χ0v) is 16.2. The molecule has 1 aliphatic heterocycles. The highest BCUT2D eigenvalue weighted by Gasteiger charge is 2.44. The van der Waals surface area contributed by atoms with E-state index in [4.69, 9.17) is 0 Å². The van der Waals surface area contributed by atoms with Crippen molar-refractivity contribution in [2.45, 2.75) is 10.7 Å². The fourth-order valence-corrected chi connectivity index (χ4v) is 5.06. The van der Waals surface area contributed by atoms with E-state index in [9.17, 15) is 4.39 Å². The van der Waals surface area contributed by atoms with Gasteiger partial charge in [0, 0.05) is 32.2 Å². The summed E-state index contributed by atoms with van der Waals surface area (Å²) in [5.74, 6) is -0.209. The fourth-order valence-electron chi connectivity index (χ4n) is 3.73. The standard InChI is InChI=1S/C23H21FN2S/c1-26(2)21-5-3-4-19(16-21)23(18-10-13-25-14-11-18)12-15-27-22(23)17-6-8-20(24)9-7-17/h3-16,22H,1-2H3. The van der Waals surface area contributed by atoms with Gasteiger partial charge in [0.2, 0.25) is 0 Å². The van der Waals surface area contributed by atoms with Crippen molar-refractivity contribution in [3.8, 4) is 0 Å². The van der Waals surface area contributed by atoms with Crippen LogP contribution in [0.2, 0.25) is 0 Å². The van der Waals surface area contributed by atoms with Crippen molar-refractivity contribution >= 4 is 17.4 Å². The number of nitrogens with zero attached hydrogens (tertiary/aromatic N) is 2. The van der Waals surface area contributed by atoms with Gasteiger partial charge >= 0.3 is 0 Å². The molecule has 1 aromatic heterocycles. The molecule has 4 rings (SSSR count). The van der Waals surface area contributed by atoms with Gasteiger partial charge in [0.15, 0.2) is 0 Å². The van der Waals surface area contributed by atoms with E-state index in [1.165, 1.54) is 11.1 Å². The van der Waals surface area contributed by atoms with Crippen molar-refractivity contribution in [2.24, 2.45) is 0 Å². The lowest BCUT2D eigenvalue weighted by Gasteiger charge is -2.36. The molecule has 2 unspecified atom stereocenters. The highest BCUT2D eigenvalue weighted by Crippen LogP contribution is 2.56. The maximum Gasteiger partial charge on any atom is 0.123 e. The first-order chi connectivity index (χ1) is 13.1. The second-order valence-electron chi connectivity index (χ2n) is 6.92. The second kappa shape index (κ2) is 7.20. The number of pyridine rings is 1. The van der Waals surface area contributed by atoms with Gasteiger partial charge in [-0.3, -0.25) is 4.98 Å². The smallest absolute Gasteiger partial charge is 0.123 e. The number of thioether (sulfide) groups is 1. The topological polar surface area (TPSA) is 16.1 Å². The van der Waals surface area contributed by atoms with Gasteiger partial charge < -0.3 is 4.90 Å². The fraction of sp³-hybridized carbons (Fsp3) is 0.174. The van der Waals surface area contributed by atoms with Crippen LogP contribution >= 0.6 is 11.8 Å². The average molecular weight is 377 g/mol. The summed E-state index contributed by atoms with van der Waals surface area (Å²) in [7, 11) is 4.10. The lowest BCUT2D eigenvalue weighted by Crippen LogP contribution is -2.29. The van der Waals surface area contributed by atoms with Gasteiger partial charge in [0.1, 0.15) is 5.82 Å². The second-order valence-corrected chi connectivity index (χ2v) is 7.94. The Morgan fingerprint density at radius 2 is 1.70 bits per heavy atom. The molecule has 0 radical (unpaired) electrons. The molecule has 0 fully saturated rings. The third kappa shape index (κ3) is 3.15. The molecule has 0 aliphatic carbocycles. The minimum atomic E-state index is -0.336. The number of hydrogen-bond donors (Lipinski definition) is 0. The Morgan fingerprint density at radius 3 is 2.41 bits per heavy atom. The van der Waals surface area contributed by atoms with Crippen molar-refractivity contribution in [1.29, 1.82) is 0 Å². The van der Waals surface area contributed by atoms with Crippen LogP contribution in [0, 0.1) is 5.82 Å². The Hall–Kier alpha value is -2.59. The molecular formula is C23H21FN2S. The highest BCUT2D eigenvalue weighted by atomic mass is 32.2. The van der Waals surface area contributed by atoms with E-state index in [-0.39, 0.29) is 16.5 Å². The number of aromatic nitrogens is 1. The first-order valence-corrected chi connectivity index (χ1v) is 9.82. The predicted octanol–water partition coefficient (Wildman–Crippen LogP) is 5.57. The van der Waals surface area contributed by atoms with E-state index < -0.39 is 0 Å². The lowest BCUT2D eigenvalue weighted by atomic mass is 9.70. The molecular weight excluding hydrogens is 355 g/mol. The Balaban J connectivity index is 1.93. The summed E-state index contributed by atoms with van der Waals surface area (Å²) in [5.41, 5.74) is 4.33. The molecule has 4 heteroatoms. The molecule has 3 aromatic rings. The summed E-state index contributed by atoms with van der Waals surface area (Å²) >= 11 is 1.78. The molecule has 2 aromatic carbocycles. The molecule has 0 saturated heterocycles. The van der Waals surface area contributed by atoms with Crippen LogP contribution in [-0.4, -0.2) is 19.1 Å². The number of anilines is 1. The summed E-state index contributed by atoms with van der Waals surface area (Å²) < 4.78 is 13.5. The largest absolute Gasteiger partial charge is 0.378 e. The third-order valence-corrected chi connectivity index (χ3v) is 6.34. The van der Waals surface area contributed by atoms with Gasteiger partial charge in [-0.1, -0.05) is 30.3 Å². The molecule has 0 spiro atoms. The molecule has 1 aliphatic rings. The van der Waals surface area contributed by atoms with Crippen LogP contribution in [-0.2, 0) is 5.41 Å². The minimum absolute atomic E-state index is 0.123. The van der Waals surface area contributed by atoms with Gasteiger partial charge in [-0.25, -0.2) is 4.39 Å². The Labute approximate surface area is 163 Å². The van der Waals surface area contributed by atoms with Crippen molar-refractivity contribution in [3.05, 3.63) is 107 Å². The zero-order valence-electron chi connectivity index (χ0n) is 15.3. The van der Waals surface area contributed by atoms with Crippen molar-refractivity contribution in [2.75, 3.05) is 19.0 Å². The van der Waals surface area contributed by atoms with Gasteiger partial charge in [-0.2, -0.15) is 0 Å². The molecule has 2 atom stereocenters. The molecule has 136 valence electrons. The predicted molar refractivity (Wildman–Crippen MR) is 112 cm³/mol. The van der Waals surface area contributed by atoms with E-state index in [2.05, 4.69) is 71.9 Å². The SMILES string of the molecule is CN(C)c1cccc(C2(c3ccncc3)C=CSC2c2ccc(F)cc2)c1. The first-order valence-electron chi connectivity index (χ1n) is 8.88. The van der Waals surface area contributed by atoms with Gasteiger partial charge in [-0.05, 0) is 58.5 Å². The lowest BCUT2D eigenvalue weighted by molar-refractivity contribution is 0.616. The van der Waals surface area contributed by atoms with Crippen LogP contribution in [0.5, 0.6) is 0 Å². The number of halogens is 1. The Bertz CT molecular complexity index is 954. The molecule has 27 heavy (non-hydrogen) atoms.